The van der Waals surface area contributed by atoms with Crippen molar-refractivity contribution < 1.29 is 22.3 Å². The molecule has 7 heteroatoms. The van der Waals surface area contributed by atoms with Crippen LogP contribution in [0.4, 0.5) is 14.5 Å². The summed E-state index contributed by atoms with van der Waals surface area (Å²) in [6.45, 7) is -0.157. The highest BCUT2D eigenvalue weighted by atomic mass is 32.2. The minimum absolute atomic E-state index is 0.122. The predicted molar refractivity (Wildman–Crippen MR) is 66.9 cm³/mol. The number of para-hydroxylation sites is 1. The summed E-state index contributed by atoms with van der Waals surface area (Å²) in [5, 5.41) is 12.2. The quantitative estimate of drug-likeness (QED) is 0.871. The molecule has 2 rings (SSSR count). The second kappa shape index (κ2) is 5.05. The normalized spacial score (nSPS) is 18.1. The third-order valence-corrected chi connectivity index (χ3v) is 4.88. The first kappa shape index (κ1) is 14.2. The lowest BCUT2D eigenvalue weighted by molar-refractivity contribution is 0.144. The summed E-state index contributed by atoms with van der Waals surface area (Å²) in [5.41, 5.74) is -0.468. The molecule has 0 atom stereocenters. The Balaban J connectivity index is 2.37. The minimum Gasteiger partial charge on any atom is -0.394 e. The van der Waals surface area contributed by atoms with Gasteiger partial charge in [0.05, 0.1) is 22.7 Å². The maximum Gasteiger partial charge on any atom is 0.341 e. The van der Waals surface area contributed by atoms with Gasteiger partial charge in [-0.05, 0) is 31.4 Å². The van der Waals surface area contributed by atoms with Crippen LogP contribution in [-0.2, 0) is 9.84 Å². The smallest absolute Gasteiger partial charge is 0.341 e. The standard InChI is InChI=1S/C12H15F2NO3S/c13-11(14)19(17,18)10-5-2-1-4-9(10)15-12(8-16)6-3-7-12/h1-2,4-5,11,15-16H,3,6-8H2. The summed E-state index contributed by atoms with van der Waals surface area (Å²) in [4.78, 5) is -0.426. The van der Waals surface area contributed by atoms with Crippen LogP contribution in [0.3, 0.4) is 0 Å². The molecule has 0 bridgehead atoms. The average molecular weight is 291 g/mol. The predicted octanol–water partition coefficient (Wildman–Crippen LogP) is 2.01. The Hall–Kier alpha value is -1.21. The number of alkyl halides is 2. The van der Waals surface area contributed by atoms with Crippen LogP contribution in [0, 0.1) is 0 Å². The van der Waals surface area contributed by atoms with Crippen molar-refractivity contribution in [2.24, 2.45) is 0 Å². The zero-order valence-electron chi connectivity index (χ0n) is 10.1. The van der Waals surface area contributed by atoms with Crippen molar-refractivity contribution in [3.8, 4) is 0 Å². The molecule has 1 aliphatic carbocycles. The average Bonchev–Trinajstić information content (AvgIpc) is 2.34. The number of benzene rings is 1. The van der Waals surface area contributed by atoms with Gasteiger partial charge in [0, 0.05) is 0 Å². The lowest BCUT2D eigenvalue weighted by Crippen LogP contribution is -2.48. The Kier molecular flexibility index (Phi) is 3.78. The Morgan fingerprint density at radius 3 is 2.42 bits per heavy atom. The molecule has 1 aromatic carbocycles. The molecule has 1 fully saturated rings. The molecule has 0 radical (unpaired) electrons. The first-order valence-electron chi connectivity index (χ1n) is 5.91. The van der Waals surface area contributed by atoms with Crippen molar-refractivity contribution in [3.63, 3.8) is 0 Å². The third-order valence-electron chi connectivity index (χ3n) is 3.44. The van der Waals surface area contributed by atoms with Gasteiger partial charge in [-0.25, -0.2) is 8.42 Å². The van der Waals surface area contributed by atoms with E-state index in [0.29, 0.717) is 12.8 Å². The van der Waals surface area contributed by atoms with Gasteiger partial charge >= 0.3 is 5.76 Å². The maximum atomic E-state index is 12.6. The number of hydrogen-bond acceptors (Lipinski definition) is 4. The number of aliphatic hydroxyl groups excluding tert-OH is 1. The second-order valence-electron chi connectivity index (χ2n) is 4.72. The molecular weight excluding hydrogens is 276 g/mol. The number of rotatable bonds is 5. The monoisotopic (exact) mass is 291 g/mol. The van der Waals surface area contributed by atoms with Gasteiger partial charge in [-0.3, -0.25) is 0 Å². The molecule has 0 aliphatic heterocycles. The molecule has 0 spiro atoms. The van der Waals surface area contributed by atoms with E-state index in [1.54, 1.807) is 6.07 Å². The largest absolute Gasteiger partial charge is 0.394 e. The van der Waals surface area contributed by atoms with E-state index in [4.69, 9.17) is 0 Å². The summed E-state index contributed by atoms with van der Waals surface area (Å²) in [5.74, 6) is -3.46. The SMILES string of the molecule is O=S(=O)(c1ccccc1NC1(CO)CCC1)C(F)F. The van der Waals surface area contributed by atoms with Gasteiger partial charge in [0.2, 0.25) is 9.84 Å². The highest BCUT2D eigenvalue weighted by molar-refractivity contribution is 7.91. The highest BCUT2D eigenvalue weighted by Crippen LogP contribution is 2.37. The van der Waals surface area contributed by atoms with E-state index in [-0.39, 0.29) is 12.3 Å². The van der Waals surface area contributed by atoms with E-state index in [0.717, 1.165) is 12.5 Å². The van der Waals surface area contributed by atoms with Crippen LogP contribution in [-0.4, -0.2) is 31.4 Å². The Morgan fingerprint density at radius 2 is 1.95 bits per heavy atom. The Bertz CT molecular complexity index is 550. The van der Waals surface area contributed by atoms with Crippen molar-refractivity contribution >= 4 is 15.5 Å². The number of anilines is 1. The first-order chi connectivity index (χ1) is 8.91. The van der Waals surface area contributed by atoms with Gasteiger partial charge in [-0.2, -0.15) is 8.78 Å². The topological polar surface area (TPSA) is 66.4 Å². The molecule has 0 saturated heterocycles. The van der Waals surface area contributed by atoms with Crippen LogP contribution in [0.15, 0.2) is 29.2 Å². The fraction of sp³-hybridized carbons (Fsp3) is 0.500. The minimum atomic E-state index is -4.65. The van der Waals surface area contributed by atoms with Crippen molar-refractivity contribution in [2.75, 3.05) is 11.9 Å². The fourth-order valence-corrected chi connectivity index (χ4v) is 3.01. The molecule has 0 amide bonds. The molecule has 4 nitrogen and oxygen atoms in total. The van der Waals surface area contributed by atoms with Gasteiger partial charge in [-0.1, -0.05) is 12.1 Å². The van der Waals surface area contributed by atoms with Crippen molar-refractivity contribution in [1.29, 1.82) is 0 Å². The molecule has 1 aromatic rings. The van der Waals surface area contributed by atoms with E-state index in [2.05, 4.69) is 5.32 Å². The molecule has 0 aromatic heterocycles. The van der Waals surface area contributed by atoms with Crippen LogP contribution in [0.1, 0.15) is 19.3 Å². The highest BCUT2D eigenvalue weighted by Gasteiger charge is 2.38. The van der Waals surface area contributed by atoms with Crippen LogP contribution < -0.4 is 5.32 Å². The molecule has 1 saturated carbocycles. The lowest BCUT2D eigenvalue weighted by Gasteiger charge is -2.42. The second-order valence-corrected chi connectivity index (χ2v) is 6.61. The van der Waals surface area contributed by atoms with Crippen LogP contribution >= 0.6 is 0 Å². The number of aliphatic hydroxyl groups is 1. The van der Waals surface area contributed by atoms with E-state index in [1.165, 1.54) is 12.1 Å². The fourth-order valence-electron chi connectivity index (χ4n) is 2.13. The number of nitrogens with one attached hydrogen (secondary N) is 1. The summed E-state index contributed by atoms with van der Waals surface area (Å²) < 4.78 is 48.4. The summed E-state index contributed by atoms with van der Waals surface area (Å²) in [6.07, 6.45) is 2.29. The summed E-state index contributed by atoms with van der Waals surface area (Å²) in [6, 6.07) is 5.54. The molecule has 0 heterocycles. The van der Waals surface area contributed by atoms with Crippen LogP contribution in [0.2, 0.25) is 0 Å². The van der Waals surface area contributed by atoms with Crippen molar-refractivity contribution in [1.82, 2.24) is 0 Å². The van der Waals surface area contributed by atoms with Gasteiger partial charge in [-0.15, -0.1) is 0 Å². The maximum absolute atomic E-state index is 12.6. The van der Waals surface area contributed by atoms with Crippen LogP contribution in [0.25, 0.3) is 0 Å². The van der Waals surface area contributed by atoms with Crippen LogP contribution in [0.5, 0.6) is 0 Å². The molecule has 2 N–H and O–H groups in total. The zero-order chi connectivity index (χ0) is 14.1. The Morgan fingerprint density at radius 1 is 1.32 bits per heavy atom. The van der Waals surface area contributed by atoms with E-state index < -0.39 is 26.0 Å². The third kappa shape index (κ3) is 2.57. The number of sulfone groups is 1. The number of hydrogen-bond donors (Lipinski definition) is 2. The summed E-state index contributed by atoms with van der Waals surface area (Å²) >= 11 is 0. The van der Waals surface area contributed by atoms with Gasteiger partial charge < -0.3 is 10.4 Å². The van der Waals surface area contributed by atoms with E-state index in [1.807, 2.05) is 0 Å². The van der Waals surface area contributed by atoms with Crippen molar-refractivity contribution in [2.45, 2.75) is 35.5 Å². The molecule has 1 aliphatic rings. The molecular formula is C12H15F2NO3S. The van der Waals surface area contributed by atoms with Crippen molar-refractivity contribution in [3.05, 3.63) is 24.3 Å². The molecule has 106 valence electrons. The Labute approximate surface area is 110 Å². The van der Waals surface area contributed by atoms with Gasteiger partial charge in [0.15, 0.2) is 0 Å². The molecule has 0 unspecified atom stereocenters. The number of halogens is 2. The summed E-state index contributed by atoms with van der Waals surface area (Å²) in [7, 11) is -4.65. The lowest BCUT2D eigenvalue weighted by atomic mass is 9.77. The van der Waals surface area contributed by atoms with Gasteiger partial charge in [0.25, 0.3) is 0 Å². The zero-order valence-corrected chi connectivity index (χ0v) is 11.0. The van der Waals surface area contributed by atoms with E-state index in [9.17, 15) is 22.3 Å². The van der Waals surface area contributed by atoms with E-state index >= 15 is 0 Å². The molecule has 19 heavy (non-hydrogen) atoms. The first-order valence-corrected chi connectivity index (χ1v) is 7.46. The van der Waals surface area contributed by atoms with Gasteiger partial charge in [0.1, 0.15) is 0 Å².